The Kier molecular flexibility index (Phi) is 4.01. The van der Waals surface area contributed by atoms with Crippen molar-refractivity contribution >= 4 is 33.2 Å². The van der Waals surface area contributed by atoms with Crippen molar-refractivity contribution in [2.75, 3.05) is 16.7 Å². The molecule has 19 heavy (non-hydrogen) atoms. The predicted molar refractivity (Wildman–Crippen MR) is 79.9 cm³/mol. The first-order chi connectivity index (χ1) is 9.01. The number of sulfonamides is 1. The second kappa shape index (κ2) is 5.54. The molecule has 2 aromatic carbocycles. The minimum Gasteiger partial charge on any atom is -0.399 e. The van der Waals surface area contributed by atoms with Crippen molar-refractivity contribution < 1.29 is 8.42 Å². The molecule has 3 N–H and O–H groups in total. The summed E-state index contributed by atoms with van der Waals surface area (Å²) in [4.78, 5) is 1.27. The smallest absolute Gasteiger partial charge is 0.261 e. The Balaban J connectivity index is 2.23. The zero-order valence-electron chi connectivity index (χ0n) is 10.3. The summed E-state index contributed by atoms with van der Waals surface area (Å²) in [6.07, 6.45) is 1.97. The molecule has 4 nitrogen and oxygen atoms in total. The van der Waals surface area contributed by atoms with Gasteiger partial charge in [-0.2, -0.15) is 0 Å². The van der Waals surface area contributed by atoms with E-state index in [2.05, 4.69) is 4.72 Å². The van der Waals surface area contributed by atoms with E-state index in [-0.39, 0.29) is 4.90 Å². The third-order valence-electron chi connectivity index (χ3n) is 2.53. The van der Waals surface area contributed by atoms with Crippen molar-refractivity contribution in [3.8, 4) is 0 Å². The number of thioether (sulfide) groups is 1. The van der Waals surface area contributed by atoms with Crippen LogP contribution in [0.25, 0.3) is 0 Å². The summed E-state index contributed by atoms with van der Waals surface area (Å²) in [5.41, 5.74) is 6.60. The number of nitrogens with two attached hydrogens (primary N) is 1. The molecule has 0 saturated heterocycles. The molecule has 0 bridgehead atoms. The first kappa shape index (κ1) is 13.8. The number of rotatable bonds is 4. The highest BCUT2D eigenvalue weighted by atomic mass is 32.2. The zero-order chi connectivity index (χ0) is 13.9. The van der Waals surface area contributed by atoms with Crippen LogP contribution in [-0.2, 0) is 10.0 Å². The van der Waals surface area contributed by atoms with E-state index in [1.807, 2.05) is 18.4 Å². The fourth-order valence-electron chi connectivity index (χ4n) is 1.52. The summed E-state index contributed by atoms with van der Waals surface area (Å²) < 4.78 is 26.7. The van der Waals surface area contributed by atoms with Crippen LogP contribution in [0.1, 0.15) is 0 Å². The van der Waals surface area contributed by atoms with Crippen LogP contribution in [0, 0.1) is 0 Å². The Morgan fingerprint density at radius 1 is 1.00 bits per heavy atom. The van der Waals surface area contributed by atoms with Gasteiger partial charge in [0.15, 0.2) is 0 Å². The topological polar surface area (TPSA) is 72.2 Å². The van der Waals surface area contributed by atoms with Gasteiger partial charge in [0.05, 0.1) is 4.90 Å². The summed E-state index contributed by atoms with van der Waals surface area (Å²) in [6.45, 7) is 0. The molecule has 0 aliphatic carbocycles. The van der Waals surface area contributed by atoms with Crippen molar-refractivity contribution in [3.63, 3.8) is 0 Å². The van der Waals surface area contributed by atoms with Gasteiger partial charge in [-0.3, -0.25) is 4.72 Å². The lowest BCUT2D eigenvalue weighted by molar-refractivity contribution is 0.601. The molecule has 0 aromatic heterocycles. The first-order valence-corrected chi connectivity index (χ1v) is 8.24. The van der Waals surface area contributed by atoms with Gasteiger partial charge in [-0.1, -0.05) is 0 Å². The minimum absolute atomic E-state index is 0.190. The fraction of sp³-hybridized carbons (Fsp3) is 0.0769. The molecular formula is C13H14N2O2S2. The van der Waals surface area contributed by atoms with E-state index in [1.54, 1.807) is 36.0 Å². The van der Waals surface area contributed by atoms with Gasteiger partial charge < -0.3 is 5.73 Å². The van der Waals surface area contributed by atoms with Crippen molar-refractivity contribution in [1.82, 2.24) is 0 Å². The Morgan fingerprint density at radius 3 is 2.11 bits per heavy atom. The SMILES string of the molecule is CSc1ccc(NS(=O)(=O)c2ccc(N)cc2)cc1. The summed E-state index contributed by atoms with van der Waals surface area (Å²) >= 11 is 1.60. The van der Waals surface area contributed by atoms with Gasteiger partial charge >= 0.3 is 0 Å². The molecule has 0 spiro atoms. The lowest BCUT2D eigenvalue weighted by Crippen LogP contribution is -2.12. The van der Waals surface area contributed by atoms with Crippen molar-refractivity contribution in [1.29, 1.82) is 0 Å². The average molecular weight is 294 g/mol. The lowest BCUT2D eigenvalue weighted by atomic mass is 10.3. The van der Waals surface area contributed by atoms with Crippen LogP contribution in [0.5, 0.6) is 0 Å². The number of nitrogens with one attached hydrogen (secondary N) is 1. The van der Waals surface area contributed by atoms with E-state index < -0.39 is 10.0 Å². The van der Waals surface area contributed by atoms with Gasteiger partial charge in [0.2, 0.25) is 0 Å². The van der Waals surface area contributed by atoms with Gasteiger partial charge in [-0.15, -0.1) is 11.8 Å². The van der Waals surface area contributed by atoms with Crippen molar-refractivity contribution in [2.24, 2.45) is 0 Å². The van der Waals surface area contributed by atoms with E-state index in [0.29, 0.717) is 11.4 Å². The van der Waals surface area contributed by atoms with Gasteiger partial charge in [0.1, 0.15) is 0 Å². The highest BCUT2D eigenvalue weighted by Crippen LogP contribution is 2.20. The average Bonchev–Trinajstić information content (AvgIpc) is 2.40. The first-order valence-electron chi connectivity index (χ1n) is 5.54. The van der Waals surface area contributed by atoms with Crippen LogP contribution >= 0.6 is 11.8 Å². The summed E-state index contributed by atoms with van der Waals surface area (Å²) in [5, 5.41) is 0. The molecule has 0 radical (unpaired) electrons. The van der Waals surface area contributed by atoms with Gasteiger partial charge in [0, 0.05) is 16.3 Å². The molecule has 0 fully saturated rings. The van der Waals surface area contributed by atoms with Crippen LogP contribution < -0.4 is 10.5 Å². The number of benzene rings is 2. The number of nitrogen functional groups attached to an aromatic ring is 1. The second-order valence-corrected chi connectivity index (χ2v) is 6.47. The lowest BCUT2D eigenvalue weighted by Gasteiger charge is -2.08. The molecule has 0 aliphatic heterocycles. The third-order valence-corrected chi connectivity index (χ3v) is 4.67. The molecule has 2 aromatic rings. The van der Waals surface area contributed by atoms with Gasteiger partial charge in [-0.25, -0.2) is 8.42 Å². The summed E-state index contributed by atoms with van der Waals surface area (Å²) in [5.74, 6) is 0. The molecule has 0 unspecified atom stereocenters. The van der Waals surface area contributed by atoms with E-state index in [9.17, 15) is 8.42 Å². The van der Waals surface area contributed by atoms with Crippen LogP contribution in [-0.4, -0.2) is 14.7 Å². The van der Waals surface area contributed by atoms with Crippen LogP contribution in [0.2, 0.25) is 0 Å². The normalized spacial score (nSPS) is 11.2. The zero-order valence-corrected chi connectivity index (χ0v) is 12.0. The monoisotopic (exact) mass is 294 g/mol. The summed E-state index contributed by atoms with van der Waals surface area (Å²) in [7, 11) is -3.56. The quantitative estimate of drug-likeness (QED) is 0.672. The molecular weight excluding hydrogens is 280 g/mol. The Hall–Kier alpha value is -1.66. The Labute approximate surface area is 117 Å². The molecule has 100 valence electrons. The molecule has 0 heterocycles. The molecule has 2 rings (SSSR count). The summed E-state index contributed by atoms with van der Waals surface area (Å²) in [6, 6.07) is 13.3. The number of anilines is 2. The highest BCUT2D eigenvalue weighted by molar-refractivity contribution is 7.98. The molecule has 0 saturated carbocycles. The van der Waals surface area contributed by atoms with E-state index in [1.165, 1.54) is 12.1 Å². The fourth-order valence-corrected chi connectivity index (χ4v) is 2.99. The molecule has 6 heteroatoms. The second-order valence-electron chi connectivity index (χ2n) is 3.90. The van der Waals surface area contributed by atoms with Crippen LogP contribution in [0.3, 0.4) is 0 Å². The van der Waals surface area contributed by atoms with E-state index >= 15 is 0 Å². The maximum atomic E-state index is 12.1. The standard InChI is InChI=1S/C13H14N2O2S2/c1-18-12-6-4-11(5-7-12)15-19(16,17)13-8-2-10(14)3-9-13/h2-9,15H,14H2,1H3. The van der Waals surface area contributed by atoms with E-state index in [0.717, 1.165) is 4.90 Å². The number of hydrogen-bond donors (Lipinski definition) is 2. The van der Waals surface area contributed by atoms with Crippen molar-refractivity contribution in [2.45, 2.75) is 9.79 Å². The molecule has 0 atom stereocenters. The third kappa shape index (κ3) is 3.42. The maximum absolute atomic E-state index is 12.1. The largest absolute Gasteiger partial charge is 0.399 e. The minimum atomic E-state index is -3.56. The van der Waals surface area contributed by atoms with Crippen LogP contribution in [0.15, 0.2) is 58.3 Å². The number of hydrogen-bond acceptors (Lipinski definition) is 4. The highest BCUT2D eigenvalue weighted by Gasteiger charge is 2.13. The van der Waals surface area contributed by atoms with E-state index in [4.69, 9.17) is 5.73 Å². The molecule has 0 aliphatic rings. The Bertz CT molecular complexity index is 650. The maximum Gasteiger partial charge on any atom is 0.261 e. The molecule has 0 amide bonds. The predicted octanol–water partition coefficient (Wildman–Crippen LogP) is 2.79. The van der Waals surface area contributed by atoms with Crippen molar-refractivity contribution in [3.05, 3.63) is 48.5 Å². The van der Waals surface area contributed by atoms with Gasteiger partial charge in [0.25, 0.3) is 10.0 Å². The van der Waals surface area contributed by atoms with Crippen LogP contribution in [0.4, 0.5) is 11.4 Å². The van der Waals surface area contributed by atoms with Gasteiger partial charge in [-0.05, 0) is 54.8 Å². The Morgan fingerprint density at radius 2 is 1.58 bits per heavy atom.